The van der Waals surface area contributed by atoms with Crippen molar-refractivity contribution in [3.05, 3.63) is 48.6 Å². The lowest BCUT2D eigenvalue weighted by Gasteiger charge is -2.30. The molecule has 0 bridgehead atoms. The fourth-order valence-corrected chi connectivity index (χ4v) is 11.6. The van der Waals surface area contributed by atoms with Crippen molar-refractivity contribution in [1.82, 2.24) is 5.32 Å². The number of carbonyl (C=O) groups excluding carboxylic acids is 2. The molecule has 0 spiro atoms. The topological polar surface area (TPSA) is 114 Å². The number of esters is 1. The van der Waals surface area contributed by atoms with Crippen LogP contribution in [-0.2, 0) is 27.9 Å². The number of ether oxygens (including phenoxy) is 1. The van der Waals surface area contributed by atoms with Crippen LogP contribution in [0.1, 0.15) is 361 Å². The number of phosphoric ester groups is 1. The molecular formula is C74H141N2O7P. The van der Waals surface area contributed by atoms with Crippen molar-refractivity contribution < 1.29 is 37.3 Å². The molecule has 0 radical (unpaired) electrons. The summed E-state index contributed by atoms with van der Waals surface area (Å²) in [5.74, 6) is -0.523. The number of amides is 1. The number of hydrogen-bond acceptors (Lipinski definition) is 7. The first-order chi connectivity index (χ1) is 40.9. The molecule has 0 saturated heterocycles. The fraction of sp³-hybridized carbons (Fsp3) is 0.865. The van der Waals surface area contributed by atoms with Crippen molar-refractivity contribution in [2.45, 2.75) is 373 Å². The monoisotopic (exact) mass is 1200 g/mol. The Bertz CT molecular complexity index is 1570. The second kappa shape index (κ2) is 64.0. The number of nitrogens with zero attached hydrogens (tertiary/aromatic N) is 1. The minimum absolute atomic E-state index is 0.0201. The Kier molecular flexibility index (Phi) is 62.4. The highest BCUT2D eigenvalue weighted by molar-refractivity contribution is 7.45. The summed E-state index contributed by atoms with van der Waals surface area (Å²) < 4.78 is 30.5. The SMILES string of the molecule is CCCCC/C=C\C/C=C\C/C=C\CCCCCCCCCCCCCCCCC(=O)NC(COP(=O)([O-])OCC[N+](C)(C)C)C(/C=C\CCCCCCCCCCCC)OC(=O)CCCCCCCCCCCCCCCCCCCCC. The number of rotatable bonds is 67. The van der Waals surface area contributed by atoms with E-state index >= 15 is 0 Å². The molecule has 84 heavy (non-hydrogen) atoms. The molecule has 0 aromatic heterocycles. The van der Waals surface area contributed by atoms with Gasteiger partial charge in [0.25, 0.3) is 7.82 Å². The lowest BCUT2D eigenvalue weighted by atomic mass is 10.0. The van der Waals surface area contributed by atoms with E-state index in [-0.39, 0.29) is 31.5 Å². The molecule has 494 valence electrons. The lowest BCUT2D eigenvalue weighted by Crippen LogP contribution is -2.47. The molecule has 0 saturated carbocycles. The van der Waals surface area contributed by atoms with E-state index in [0.29, 0.717) is 17.4 Å². The third-order valence-corrected chi connectivity index (χ3v) is 17.5. The first-order valence-electron chi connectivity index (χ1n) is 36.4. The molecule has 9 nitrogen and oxygen atoms in total. The molecule has 10 heteroatoms. The molecule has 0 aliphatic carbocycles. The smallest absolute Gasteiger partial charge is 0.306 e. The normalized spacial score (nSPS) is 13.8. The van der Waals surface area contributed by atoms with E-state index in [4.69, 9.17) is 13.8 Å². The second-order valence-corrected chi connectivity index (χ2v) is 27.5. The zero-order valence-corrected chi connectivity index (χ0v) is 57.5. The third-order valence-electron chi connectivity index (χ3n) is 16.5. The maximum absolute atomic E-state index is 13.6. The Labute approximate surface area is 522 Å². The van der Waals surface area contributed by atoms with Crippen molar-refractivity contribution in [2.75, 3.05) is 40.9 Å². The van der Waals surface area contributed by atoms with Crippen LogP contribution in [0.15, 0.2) is 48.6 Å². The quantitative estimate of drug-likeness (QED) is 0.0212. The summed E-state index contributed by atoms with van der Waals surface area (Å²) in [6.45, 7) is 6.87. The number of carbonyl (C=O) groups is 2. The molecule has 3 atom stereocenters. The number of phosphoric acid groups is 1. The zero-order chi connectivity index (χ0) is 61.4. The zero-order valence-electron chi connectivity index (χ0n) is 56.6. The van der Waals surface area contributed by atoms with Gasteiger partial charge in [-0.25, -0.2) is 0 Å². The van der Waals surface area contributed by atoms with E-state index in [1.807, 2.05) is 33.3 Å². The molecule has 0 aromatic rings. The largest absolute Gasteiger partial charge is 0.756 e. The molecule has 0 heterocycles. The van der Waals surface area contributed by atoms with E-state index in [1.165, 1.54) is 257 Å². The van der Waals surface area contributed by atoms with Crippen molar-refractivity contribution >= 4 is 19.7 Å². The minimum atomic E-state index is -4.70. The Balaban J connectivity index is 4.99. The molecule has 1 amide bonds. The van der Waals surface area contributed by atoms with E-state index in [2.05, 4.69) is 62.5 Å². The van der Waals surface area contributed by atoms with Gasteiger partial charge in [0.2, 0.25) is 5.91 Å². The van der Waals surface area contributed by atoms with Gasteiger partial charge in [-0.05, 0) is 70.3 Å². The van der Waals surface area contributed by atoms with Gasteiger partial charge in [0.1, 0.15) is 19.3 Å². The second-order valence-electron chi connectivity index (χ2n) is 26.1. The molecule has 0 aliphatic rings. The molecule has 1 N–H and O–H groups in total. The Morgan fingerprint density at radius 1 is 0.417 bits per heavy atom. The molecule has 3 unspecified atom stereocenters. The molecular weight excluding hydrogens is 1060 g/mol. The maximum atomic E-state index is 13.6. The van der Waals surface area contributed by atoms with Crippen LogP contribution in [0.4, 0.5) is 0 Å². The maximum Gasteiger partial charge on any atom is 0.306 e. The Morgan fingerprint density at radius 2 is 0.726 bits per heavy atom. The van der Waals surface area contributed by atoms with Gasteiger partial charge in [-0.3, -0.25) is 14.2 Å². The summed E-state index contributed by atoms with van der Waals surface area (Å²) in [7, 11) is 1.20. The fourth-order valence-electron chi connectivity index (χ4n) is 10.9. The summed E-state index contributed by atoms with van der Waals surface area (Å²) in [4.78, 5) is 40.2. The van der Waals surface area contributed by atoms with Crippen LogP contribution in [0.5, 0.6) is 0 Å². The number of quaternary nitrogens is 1. The van der Waals surface area contributed by atoms with Crippen molar-refractivity contribution in [3.63, 3.8) is 0 Å². The number of hydrogen-bond donors (Lipinski definition) is 1. The molecule has 0 aliphatic heterocycles. The van der Waals surface area contributed by atoms with Gasteiger partial charge < -0.3 is 28.5 Å². The predicted molar refractivity (Wildman–Crippen MR) is 363 cm³/mol. The highest BCUT2D eigenvalue weighted by Gasteiger charge is 2.27. The molecule has 0 rings (SSSR count). The van der Waals surface area contributed by atoms with Crippen LogP contribution in [0.2, 0.25) is 0 Å². The van der Waals surface area contributed by atoms with Gasteiger partial charge in [-0.1, -0.05) is 327 Å². The number of unbranched alkanes of at least 4 members (excludes halogenated alkanes) is 45. The predicted octanol–water partition coefficient (Wildman–Crippen LogP) is 22.6. The van der Waals surface area contributed by atoms with E-state index < -0.39 is 20.0 Å². The number of nitrogens with one attached hydrogen (secondary N) is 1. The van der Waals surface area contributed by atoms with Gasteiger partial charge in [0.05, 0.1) is 33.8 Å². The molecule has 0 fully saturated rings. The summed E-state index contributed by atoms with van der Waals surface area (Å²) in [6.07, 6.45) is 80.9. The van der Waals surface area contributed by atoms with Crippen molar-refractivity contribution in [1.29, 1.82) is 0 Å². The van der Waals surface area contributed by atoms with E-state index in [0.717, 1.165) is 70.6 Å². The van der Waals surface area contributed by atoms with Crippen molar-refractivity contribution in [3.8, 4) is 0 Å². The minimum Gasteiger partial charge on any atom is -0.756 e. The summed E-state index contributed by atoms with van der Waals surface area (Å²) >= 11 is 0. The van der Waals surface area contributed by atoms with Crippen LogP contribution < -0.4 is 10.2 Å². The summed E-state index contributed by atoms with van der Waals surface area (Å²) in [5, 5.41) is 3.05. The van der Waals surface area contributed by atoms with Crippen LogP contribution in [0, 0.1) is 0 Å². The highest BCUT2D eigenvalue weighted by atomic mass is 31.2. The summed E-state index contributed by atoms with van der Waals surface area (Å²) in [5.41, 5.74) is 0. The van der Waals surface area contributed by atoms with Gasteiger partial charge >= 0.3 is 5.97 Å². The lowest BCUT2D eigenvalue weighted by molar-refractivity contribution is -0.870. The number of allylic oxidation sites excluding steroid dienone is 7. The van der Waals surface area contributed by atoms with Gasteiger partial charge in [0.15, 0.2) is 0 Å². The Hall–Kier alpha value is -2.03. The van der Waals surface area contributed by atoms with Crippen molar-refractivity contribution in [2.24, 2.45) is 0 Å². The highest BCUT2D eigenvalue weighted by Crippen LogP contribution is 2.38. The summed E-state index contributed by atoms with van der Waals surface area (Å²) in [6, 6.07) is -0.886. The third kappa shape index (κ3) is 64.4. The average Bonchev–Trinajstić information content (AvgIpc) is 3.64. The first-order valence-corrected chi connectivity index (χ1v) is 37.9. The van der Waals surface area contributed by atoms with E-state index in [1.54, 1.807) is 0 Å². The Morgan fingerprint density at radius 3 is 1.11 bits per heavy atom. The van der Waals surface area contributed by atoms with Gasteiger partial charge in [0, 0.05) is 12.8 Å². The van der Waals surface area contributed by atoms with E-state index in [9.17, 15) is 19.0 Å². The van der Waals surface area contributed by atoms with Crippen LogP contribution in [0.25, 0.3) is 0 Å². The average molecular weight is 1200 g/mol. The van der Waals surface area contributed by atoms with Gasteiger partial charge in [-0.15, -0.1) is 0 Å². The van der Waals surface area contributed by atoms with Crippen LogP contribution >= 0.6 is 7.82 Å². The van der Waals surface area contributed by atoms with Crippen LogP contribution in [0.3, 0.4) is 0 Å². The van der Waals surface area contributed by atoms with Crippen LogP contribution in [-0.4, -0.2) is 69.4 Å². The molecule has 0 aromatic carbocycles. The number of likely N-dealkylation sites (N-methyl/N-ethyl adjacent to an activating group) is 1. The first kappa shape index (κ1) is 82.0. The standard InChI is InChI=1S/C74H141N2O7P/c1-7-10-13-16-19-22-25-28-30-32-34-35-36-37-38-39-40-41-43-44-46-48-51-54-57-60-63-66-73(77)75-71(70-82-84(79,80)81-69-68-76(4,5)6)72(65-62-59-56-53-50-27-24-21-18-15-12-9-3)83-74(78)67-64-61-58-55-52-49-47-45-42-33-31-29-26-23-20-17-14-11-8-2/h19,22,28,30,34-35,62,65,71-72H,7-18,20-21,23-27,29,31-33,36-61,63-64,66-70H2,1-6H3,(H-,75,77,79,80)/b22-19-,30-28-,35-34-,65-62-. The van der Waals surface area contributed by atoms with Gasteiger partial charge in [-0.2, -0.15) is 0 Å².